The normalized spacial score (nSPS) is 13.7. The lowest BCUT2D eigenvalue weighted by atomic mass is 9.79. The number of benzene rings is 3. The number of alkyl carbamates (subject to hydrolysis) is 1. The van der Waals surface area contributed by atoms with Crippen LogP contribution < -0.4 is 5.32 Å². The van der Waals surface area contributed by atoms with E-state index in [-0.39, 0.29) is 18.9 Å². The molecule has 164 valence electrons. The van der Waals surface area contributed by atoms with Gasteiger partial charge < -0.3 is 15.2 Å². The third-order valence-electron chi connectivity index (χ3n) is 6.20. The standard InChI is InChI=1S/C27H27NO4/c1-27(2,18-10-4-3-5-11-18)16-24(25(29)30)28-26(31)32-17-23-21-14-8-6-12-19(21)20-13-7-9-15-22(20)23/h3-15,23-24H,16-17H2,1-2H3,(H,28,31)(H,29,30). The number of hydrogen-bond donors (Lipinski definition) is 2. The number of fused-ring (bicyclic) bond motifs is 3. The topological polar surface area (TPSA) is 75.6 Å². The predicted octanol–water partition coefficient (Wildman–Crippen LogP) is 5.35. The van der Waals surface area contributed by atoms with Crippen molar-refractivity contribution in [3.63, 3.8) is 0 Å². The second kappa shape index (κ2) is 8.87. The fraction of sp³-hybridized carbons (Fsp3) is 0.259. The first-order valence-corrected chi connectivity index (χ1v) is 10.8. The summed E-state index contributed by atoms with van der Waals surface area (Å²) in [5.41, 5.74) is 5.10. The van der Waals surface area contributed by atoms with Crippen molar-refractivity contribution in [3.05, 3.63) is 95.6 Å². The van der Waals surface area contributed by atoms with Crippen LogP contribution in [0.5, 0.6) is 0 Å². The molecule has 4 rings (SSSR count). The highest BCUT2D eigenvalue weighted by molar-refractivity contribution is 5.81. The quantitative estimate of drug-likeness (QED) is 0.531. The molecule has 1 aliphatic rings. The zero-order valence-electron chi connectivity index (χ0n) is 18.2. The maximum Gasteiger partial charge on any atom is 0.407 e. The van der Waals surface area contributed by atoms with Crippen LogP contribution in [0.1, 0.15) is 42.9 Å². The minimum atomic E-state index is -1.08. The lowest BCUT2D eigenvalue weighted by molar-refractivity contribution is -0.139. The Hall–Kier alpha value is -3.60. The number of amides is 1. The van der Waals surface area contributed by atoms with Gasteiger partial charge in [-0.15, -0.1) is 0 Å². The minimum Gasteiger partial charge on any atom is -0.480 e. The number of nitrogens with one attached hydrogen (secondary N) is 1. The van der Waals surface area contributed by atoms with Crippen molar-refractivity contribution in [2.75, 3.05) is 6.61 Å². The Morgan fingerprint density at radius 1 is 0.906 bits per heavy atom. The van der Waals surface area contributed by atoms with Crippen LogP contribution >= 0.6 is 0 Å². The van der Waals surface area contributed by atoms with E-state index in [0.29, 0.717) is 0 Å². The van der Waals surface area contributed by atoms with Gasteiger partial charge >= 0.3 is 12.1 Å². The van der Waals surface area contributed by atoms with E-state index in [1.807, 2.05) is 80.6 Å². The number of rotatable bonds is 7. The van der Waals surface area contributed by atoms with Gasteiger partial charge in [-0.05, 0) is 39.7 Å². The van der Waals surface area contributed by atoms with Gasteiger partial charge in [-0.2, -0.15) is 0 Å². The average molecular weight is 430 g/mol. The highest BCUT2D eigenvalue weighted by Gasteiger charge is 2.32. The van der Waals surface area contributed by atoms with Crippen molar-refractivity contribution >= 4 is 12.1 Å². The van der Waals surface area contributed by atoms with Gasteiger partial charge in [0.25, 0.3) is 0 Å². The summed E-state index contributed by atoms with van der Waals surface area (Å²) in [5.74, 6) is -1.15. The third-order valence-corrected chi connectivity index (χ3v) is 6.20. The minimum absolute atomic E-state index is 0.0720. The Kier molecular flexibility index (Phi) is 5.99. The number of carbonyl (C=O) groups is 2. The summed E-state index contributed by atoms with van der Waals surface area (Å²) >= 11 is 0. The molecule has 0 heterocycles. The van der Waals surface area contributed by atoms with Gasteiger partial charge in [0.2, 0.25) is 0 Å². The predicted molar refractivity (Wildman–Crippen MR) is 124 cm³/mol. The average Bonchev–Trinajstić information content (AvgIpc) is 3.11. The van der Waals surface area contributed by atoms with Crippen LogP contribution in [0.2, 0.25) is 0 Å². The highest BCUT2D eigenvalue weighted by atomic mass is 16.5. The molecule has 0 fully saturated rings. The number of hydrogen-bond acceptors (Lipinski definition) is 3. The van der Waals surface area contributed by atoms with E-state index in [2.05, 4.69) is 17.4 Å². The number of ether oxygens (including phenoxy) is 1. The summed E-state index contributed by atoms with van der Waals surface area (Å²) in [5, 5.41) is 12.3. The van der Waals surface area contributed by atoms with E-state index in [0.717, 1.165) is 27.8 Å². The molecule has 3 aromatic rings. The Labute approximate surface area is 188 Å². The molecule has 0 saturated carbocycles. The smallest absolute Gasteiger partial charge is 0.407 e. The number of carboxylic acid groups (broad SMARTS) is 1. The van der Waals surface area contributed by atoms with Crippen LogP contribution in [0.25, 0.3) is 11.1 Å². The molecule has 5 heteroatoms. The van der Waals surface area contributed by atoms with Gasteiger partial charge in [-0.25, -0.2) is 9.59 Å². The fourth-order valence-electron chi connectivity index (χ4n) is 4.50. The van der Waals surface area contributed by atoms with Crippen molar-refractivity contribution < 1.29 is 19.4 Å². The van der Waals surface area contributed by atoms with E-state index in [4.69, 9.17) is 4.74 Å². The SMILES string of the molecule is CC(C)(CC(NC(=O)OCC1c2ccccc2-c2ccccc21)C(=O)O)c1ccccc1. The lowest BCUT2D eigenvalue weighted by Crippen LogP contribution is -2.44. The van der Waals surface area contributed by atoms with Crippen molar-refractivity contribution in [2.45, 2.75) is 37.6 Å². The third kappa shape index (κ3) is 4.37. The number of carboxylic acids is 1. The van der Waals surface area contributed by atoms with Crippen LogP contribution in [-0.4, -0.2) is 29.8 Å². The summed E-state index contributed by atoms with van der Waals surface area (Å²) in [6.45, 7) is 4.09. The monoisotopic (exact) mass is 429 g/mol. The Balaban J connectivity index is 1.43. The van der Waals surface area contributed by atoms with Gasteiger partial charge in [0, 0.05) is 5.92 Å². The van der Waals surface area contributed by atoms with Crippen molar-refractivity contribution in [2.24, 2.45) is 0 Å². The maximum absolute atomic E-state index is 12.6. The molecule has 5 nitrogen and oxygen atoms in total. The molecular weight excluding hydrogens is 402 g/mol. The van der Waals surface area contributed by atoms with Gasteiger partial charge in [0.1, 0.15) is 12.6 Å². The summed E-state index contributed by atoms with van der Waals surface area (Å²) in [7, 11) is 0. The fourth-order valence-corrected chi connectivity index (χ4v) is 4.50. The van der Waals surface area contributed by atoms with E-state index in [1.165, 1.54) is 0 Å². The summed E-state index contributed by atoms with van der Waals surface area (Å²) < 4.78 is 5.53. The Morgan fingerprint density at radius 2 is 1.44 bits per heavy atom. The van der Waals surface area contributed by atoms with Gasteiger partial charge in [0.15, 0.2) is 0 Å². The van der Waals surface area contributed by atoms with Crippen molar-refractivity contribution in [1.82, 2.24) is 5.32 Å². The highest BCUT2D eigenvalue weighted by Crippen LogP contribution is 2.44. The molecule has 1 aliphatic carbocycles. The van der Waals surface area contributed by atoms with Crippen LogP contribution in [0, 0.1) is 0 Å². The molecule has 0 saturated heterocycles. The first-order chi connectivity index (χ1) is 15.4. The van der Waals surface area contributed by atoms with E-state index in [1.54, 1.807) is 0 Å². The molecule has 32 heavy (non-hydrogen) atoms. The van der Waals surface area contributed by atoms with E-state index < -0.39 is 23.5 Å². The van der Waals surface area contributed by atoms with Crippen LogP contribution in [0.4, 0.5) is 4.79 Å². The van der Waals surface area contributed by atoms with Crippen LogP contribution in [0.15, 0.2) is 78.9 Å². The molecule has 2 N–H and O–H groups in total. The van der Waals surface area contributed by atoms with Gasteiger partial charge in [0.05, 0.1) is 0 Å². The first kappa shape index (κ1) is 21.6. The summed E-state index contributed by atoms with van der Waals surface area (Å²) in [6, 6.07) is 24.8. The van der Waals surface area contributed by atoms with Crippen molar-refractivity contribution in [1.29, 1.82) is 0 Å². The zero-order valence-corrected chi connectivity index (χ0v) is 18.2. The molecule has 0 aromatic heterocycles. The van der Waals surface area contributed by atoms with Gasteiger partial charge in [-0.3, -0.25) is 0 Å². The molecule has 0 bridgehead atoms. The lowest BCUT2D eigenvalue weighted by Gasteiger charge is -2.29. The van der Waals surface area contributed by atoms with Crippen molar-refractivity contribution in [3.8, 4) is 11.1 Å². The van der Waals surface area contributed by atoms with E-state index in [9.17, 15) is 14.7 Å². The molecule has 3 aromatic carbocycles. The zero-order chi connectivity index (χ0) is 22.7. The summed E-state index contributed by atoms with van der Waals surface area (Å²) in [4.78, 5) is 24.4. The Morgan fingerprint density at radius 3 is 2.00 bits per heavy atom. The summed E-state index contributed by atoms with van der Waals surface area (Å²) in [6.07, 6.45) is -0.473. The first-order valence-electron chi connectivity index (χ1n) is 10.8. The van der Waals surface area contributed by atoms with E-state index >= 15 is 0 Å². The molecule has 0 spiro atoms. The van der Waals surface area contributed by atoms with Crippen LogP contribution in [-0.2, 0) is 14.9 Å². The molecule has 0 radical (unpaired) electrons. The number of carbonyl (C=O) groups excluding carboxylic acids is 1. The number of aliphatic carboxylic acids is 1. The van der Waals surface area contributed by atoms with Gasteiger partial charge in [-0.1, -0.05) is 92.7 Å². The largest absolute Gasteiger partial charge is 0.480 e. The maximum atomic E-state index is 12.6. The second-order valence-corrected chi connectivity index (χ2v) is 8.81. The molecule has 0 aliphatic heterocycles. The molecule has 1 amide bonds. The second-order valence-electron chi connectivity index (χ2n) is 8.81. The van der Waals surface area contributed by atoms with Crippen LogP contribution in [0.3, 0.4) is 0 Å². The molecule has 1 atom stereocenters. The molecule has 1 unspecified atom stereocenters. The molecular formula is C27H27NO4. The Bertz CT molecular complexity index is 1080.